The summed E-state index contributed by atoms with van der Waals surface area (Å²) in [5, 5.41) is 21.6. The predicted molar refractivity (Wildman–Crippen MR) is 107 cm³/mol. The van der Waals surface area contributed by atoms with E-state index in [1.54, 1.807) is 24.3 Å². The molecule has 0 unspecified atom stereocenters. The third-order valence-electron chi connectivity index (χ3n) is 4.76. The van der Waals surface area contributed by atoms with Crippen LogP contribution < -0.4 is 20.7 Å². The highest BCUT2D eigenvalue weighted by Gasteiger charge is 2.32. The van der Waals surface area contributed by atoms with Crippen LogP contribution in [0.25, 0.3) is 0 Å². The molecule has 0 aromatic heterocycles. The molecule has 1 heterocycles. The number of benzene rings is 1. The molecule has 0 spiro atoms. The molecule has 1 amide bonds. The maximum absolute atomic E-state index is 12.6. The van der Waals surface area contributed by atoms with Crippen molar-refractivity contribution >= 4 is 23.5 Å². The minimum absolute atomic E-state index is 0.164. The van der Waals surface area contributed by atoms with Crippen LogP contribution >= 0.6 is 0 Å². The summed E-state index contributed by atoms with van der Waals surface area (Å²) >= 11 is 0. The van der Waals surface area contributed by atoms with E-state index in [0.717, 1.165) is 37.0 Å². The van der Waals surface area contributed by atoms with E-state index in [1.807, 2.05) is 0 Å². The third kappa shape index (κ3) is 7.03. The molecular weight excluding hydrogens is 378 g/mol. The van der Waals surface area contributed by atoms with Crippen molar-refractivity contribution in [3.05, 3.63) is 24.3 Å². The number of anilines is 1. The van der Waals surface area contributed by atoms with Crippen LogP contribution in [0.4, 0.5) is 5.69 Å². The molecule has 1 aromatic rings. The van der Waals surface area contributed by atoms with Gasteiger partial charge in [0.05, 0.1) is 12.1 Å². The van der Waals surface area contributed by atoms with Crippen LogP contribution in [0.1, 0.15) is 44.9 Å². The monoisotopic (exact) mass is 407 g/mol. The summed E-state index contributed by atoms with van der Waals surface area (Å²) in [4.78, 5) is 36.6. The number of para-hydroxylation sites is 2. The Balaban J connectivity index is 2.03. The number of hydrogen-bond acceptors (Lipinski definition) is 6. The SMILES string of the molecule is NCCCCCCC[C@H](N[C@@H]1CC(=O)N(CC(=O)O)c2ccccc2O1)C(=O)O. The summed E-state index contributed by atoms with van der Waals surface area (Å²) in [7, 11) is 0. The van der Waals surface area contributed by atoms with Gasteiger partial charge in [-0.3, -0.25) is 24.6 Å². The fourth-order valence-electron chi connectivity index (χ4n) is 3.31. The number of carboxylic acid groups (broad SMARTS) is 2. The van der Waals surface area contributed by atoms with E-state index < -0.39 is 36.7 Å². The molecule has 0 saturated carbocycles. The fourth-order valence-corrected chi connectivity index (χ4v) is 3.31. The molecule has 160 valence electrons. The predicted octanol–water partition coefficient (Wildman–Crippen LogP) is 1.55. The molecule has 9 heteroatoms. The van der Waals surface area contributed by atoms with Gasteiger partial charge in [0.15, 0.2) is 6.23 Å². The number of nitrogens with one attached hydrogen (secondary N) is 1. The van der Waals surface area contributed by atoms with Gasteiger partial charge >= 0.3 is 11.9 Å². The molecule has 1 aliphatic heterocycles. The number of rotatable bonds is 12. The van der Waals surface area contributed by atoms with E-state index in [0.29, 0.717) is 24.4 Å². The summed E-state index contributed by atoms with van der Waals surface area (Å²) < 4.78 is 5.84. The summed E-state index contributed by atoms with van der Waals surface area (Å²) in [5.41, 5.74) is 5.82. The van der Waals surface area contributed by atoms with Crippen LogP contribution in [-0.4, -0.2) is 53.4 Å². The van der Waals surface area contributed by atoms with E-state index >= 15 is 0 Å². The second kappa shape index (κ2) is 11.4. The number of hydrogen-bond donors (Lipinski definition) is 4. The van der Waals surface area contributed by atoms with Gasteiger partial charge < -0.3 is 20.7 Å². The zero-order valence-electron chi connectivity index (χ0n) is 16.4. The third-order valence-corrected chi connectivity index (χ3v) is 4.76. The van der Waals surface area contributed by atoms with Gasteiger partial charge in [-0.2, -0.15) is 0 Å². The molecule has 0 aliphatic carbocycles. The molecule has 2 atom stereocenters. The summed E-state index contributed by atoms with van der Waals surface area (Å²) in [6.45, 7) is 0.170. The Hall–Kier alpha value is -2.65. The number of carboxylic acids is 2. The van der Waals surface area contributed by atoms with Crippen molar-refractivity contribution in [1.29, 1.82) is 0 Å². The van der Waals surface area contributed by atoms with E-state index in [9.17, 15) is 19.5 Å². The lowest BCUT2D eigenvalue weighted by Crippen LogP contribution is -2.47. The highest BCUT2D eigenvalue weighted by molar-refractivity contribution is 5.99. The lowest BCUT2D eigenvalue weighted by atomic mass is 10.1. The first kappa shape index (κ1) is 22.6. The van der Waals surface area contributed by atoms with Crippen molar-refractivity contribution in [3.63, 3.8) is 0 Å². The second-order valence-corrected chi connectivity index (χ2v) is 7.05. The molecule has 0 bridgehead atoms. The van der Waals surface area contributed by atoms with Crippen molar-refractivity contribution in [2.45, 2.75) is 57.2 Å². The Morgan fingerprint density at radius 3 is 2.55 bits per heavy atom. The van der Waals surface area contributed by atoms with E-state index in [1.165, 1.54) is 0 Å². The Kier molecular flexibility index (Phi) is 8.88. The van der Waals surface area contributed by atoms with Gasteiger partial charge in [-0.05, 0) is 31.5 Å². The number of nitrogens with zero attached hydrogens (tertiary/aromatic N) is 1. The molecule has 2 rings (SSSR count). The minimum Gasteiger partial charge on any atom is -0.480 e. The number of fused-ring (bicyclic) bond motifs is 1. The number of carbonyl (C=O) groups excluding carboxylic acids is 1. The van der Waals surface area contributed by atoms with E-state index in [4.69, 9.17) is 15.6 Å². The van der Waals surface area contributed by atoms with Gasteiger partial charge in [0.25, 0.3) is 0 Å². The average Bonchev–Trinajstić information content (AvgIpc) is 2.79. The van der Waals surface area contributed by atoms with Crippen LogP contribution in [0.2, 0.25) is 0 Å². The molecule has 0 radical (unpaired) electrons. The largest absolute Gasteiger partial charge is 0.480 e. The lowest BCUT2D eigenvalue weighted by Gasteiger charge is -2.22. The zero-order chi connectivity index (χ0) is 21.2. The Bertz CT molecular complexity index is 711. The lowest BCUT2D eigenvalue weighted by molar-refractivity contribution is -0.141. The number of carbonyl (C=O) groups is 3. The first-order valence-electron chi connectivity index (χ1n) is 9.89. The topological polar surface area (TPSA) is 142 Å². The van der Waals surface area contributed by atoms with Crippen molar-refractivity contribution in [2.24, 2.45) is 5.73 Å². The number of amides is 1. The van der Waals surface area contributed by atoms with Crippen LogP contribution in [0.3, 0.4) is 0 Å². The maximum Gasteiger partial charge on any atom is 0.323 e. The second-order valence-electron chi connectivity index (χ2n) is 7.05. The summed E-state index contributed by atoms with van der Waals surface area (Å²) in [6, 6.07) is 5.77. The van der Waals surface area contributed by atoms with Gasteiger partial charge in [0.2, 0.25) is 5.91 Å². The molecule has 1 aliphatic rings. The van der Waals surface area contributed by atoms with Crippen LogP contribution in [0, 0.1) is 0 Å². The highest BCUT2D eigenvalue weighted by Crippen LogP contribution is 2.32. The summed E-state index contributed by atoms with van der Waals surface area (Å²) in [6.07, 6.45) is 4.01. The van der Waals surface area contributed by atoms with E-state index in [-0.39, 0.29) is 6.42 Å². The van der Waals surface area contributed by atoms with Crippen molar-refractivity contribution < 1.29 is 29.3 Å². The maximum atomic E-state index is 12.6. The quantitative estimate of drug-likeness (QED) is 0.382. The molecule has 0 saturated heterocycles. The first-order valence-corrected chi connectivity index (χ1v) is 9.89. The zero-order valence-corrected chi connectivity index (χ0v) is 16.4. The Morgan fingerprint density at radius 1 is 1.17 bits per heavy atom. The fraction of sp³-hybridized carbons (Fsp3) is 0.550. The Morgan fingerprint density at radius 2 is 1.86 bits per heavy atom. The van der Waals surface area contributed by atoms with Crippen molar-refractivity contribution in [3.8, 4) is 5.75 Å². The standard InChI is InChI=1S/C20H29N3O6/c21-11-7-3-1-2-4-8-14(20(27)28)22-17-12-18(24)23(13-19(25)26)15-9-5-6-10-16(15)29-17/h5-6,9-10,14,17,22H,1-4,7-8,11-13,21H2,(H,25,26)(H,27,28)/t14-,17-/m0/s1. The number of unbranched alkanes of at least 4 members (excludes halogenated alkanes) is 4. The molecule has 0 fully saturated rings. The highest BCUT2D eigenvalue weighted by atomic mass is 16.5. The van der Waals surface area contributed by atoms with Crippen molar-refractivity contribution in [1.82, 2.24) is 5.32 Å². The van der Waals surface area contributed by atoms with Gasteiger partial charge in [0.1, 0.15) is 18.3 Å². The molecular formula is C20H29N3O6. The average molecular weight is 407 g/mol. The minimum atomic E-state index is -1.14. The first-order chi connectivity index (χ1) is 13.9. The van der Waals surface area contributed by atoms with Crippen LogP contribution in [0.5, 0.6) is 5.75 Å². The number of ether oxygens (including phenoxy) is 1. The van der Waals surface area contributed by atoms with Gasteiger partial charge in [-0.25, -0.2) is 0 Å². The van der Waals surface area contributed by atoms with Gasteiger partial charge in [0, 0.05) is 0 Å². The van der Waals surface area contributed by atoms with Crippen LogP contribution in [0.15, 0.2) is 24.3 Å². The van der Waals surface area contributed by atoms with Gasteiger partial charge in [-0.1, -0.05) is 37.8 Å². The smallest absolute Gasteiger partial charge is 0.323 e. The summed E-state index contributed by atoms with van der Waals surface area (Å²) in [5.74, 6) is -2.26. The van der Waals surface area contributed by atoms with Gasteiger partial charge in [-0.15, -0.1) is 0 Å². The normalized spacial score (nSPS) is 17.2. The molecule has 5 N–H and O–H groups in total. The molecule has 9 nitrogen and oxygen atoms in total. The van der Waals surface area contributed by atoms with E-state index in [2.05, 4.69) is 5.32 Å². The molecule has 1 aromatic carbocycles. The van der Waals surface area contributed by atoms with Crippen LogP contribution in [-0.2, 0) is 14.4 Å². The Labute approximate surface area is 169 Å². The van der Waals surface area contributed by atoms with Crippen molar-refractivity contribution in [2.75, 3.05) is 18.0 Å². The number of nitrogens with two attached hydrogens (primary N) is 1. The molecule has 29 heavy (non-hydrogen) atoms. The number of aliphatic carboxylic acids is 2.